The molecule has 3 nitrogen and oxygen atoms in total. The van der Waals surface area contributed by atoms with Crippen LogP contribution in [0.4, 0.5) is 5.13 Å². The summed E-state index contributed by atoms with van der Waals surface area (Å²) < 4.78 is 4.85. The molecule has 2 aromatic rings. The van der Waals surface area contributed by atoms with Crippen LogP contribution < -0.4 is 5.32 Å². The molecule has 5 heteroatoms. The van der Waals surface area contributed by atoms with Gasteiger partial charge in [0.15, 0.2) is 5.82 Å². The minimum Gasteiger partial charge on any atom is -0.359 e. The van der Waals surface area contributed by atoms with E-state index in [2.05, 4.69) is 20.9 Å². The summed E-state index contributed by atoms with van der Waals surface area (Å²) in [6.45, 7) is 0.998. The Hall–Kier alpha value is -1.07. The second kappa shape index (κ2) is 4.90. The Kier molecular flexibility index (Phi) is 3.26. The number of aromatic nitrogens is 2. The third-order valence-electron chi connectivity index (χ3n) is 3.26. The second-order valence-electron chi connectivity index (χ2n) is 4.53. The molecule has 0 saturated heterocycles. The van der Waals surface area contributed by atoms with Crippen molar-refractivity contribution in [2.45, 2.75) is 17.6 Å². The largest absolute Gasteiger partial charge is 0.359 e. The fraction of sp³-hybridized carbons (Fsp3) is 0.385. The molecule has 1 fully saturated rings. The van der Waals surface area contributed by atoms with Gasteiger partial charge in [-0.2, -0.15) is 21.1 Å². The lowest BCUT2D eigenvalue weighted by molar-refractivity contribution is 0.946. The maximum atomic E-state index is 4.53. The molecule has 94 valence electrons. The molecule has 0 aliphatic heterocycles. The van der Waals surface area contributed by atoms with Crippen LogP contribution in [0.25, 0.3) is 11.4 Å². The summed E-state index contributed by atoms with van der Waals surface area (Å²) in [5, 5.41) is 4.34. The number of thioether (sulfide) groups is 1. The first kappa shape index (κ1) is 12.0. The number of rotatable bonds is 5. The van der Waals surface area contributed by atoms with Crippen LogP contribution in [0, 0.1) is 0 Å². The van der Waals surface area contributed by atoms with Gasteiger partial charge in [0, 0.05) is 28.4 Å². The molecule has 1 aliphatic carbocycles. The van der Waals surface area contributed by atoms with Gasteiger partial charge in [-0.3, -0.25) is 0 Å². The van der Waals surface area contributed by atoms with Crippen molar-refractivity contribution < 1.29 is 0 Å². The molecule has 0 spiro atoms. The quantitative estimate of drug-likeness (QED) is 0.907. The summed E-state index contributed by atoms with van der Waals surface area (Å²) in [6.07, 6.45) is 4.81. The molecule has 1 aromatic heterocycles. The molecular weight excluding hydrogens is 262 g/mol. The standard InChI is InChI=1S/C13H15N3S2/c1-17-13(7-8-13)9-14-12-15-11(16-18-12)10-5-3-2-4-6-10/h2-6H,7-9H2,1H3,(H,14,15,16). The normalized spacial score (nSPS) is 16.5. The molecule has 1 N–H and O–H groups in total. The molecule has 1 aromatic carbocycles. The first-order valence-corrected chi connectivity index (χ1v) is 7.99. The van der Waals surface area contributed by atoms with Gasteiger partial charge in [-0.15, -0.1) is 0 Å². The molecule has 1 aliphatic rings. The van der Waals surface area contributed by atoms with E-state index in [9.17, 15) is 0 Å². The molecule has 0 atom stereocenters. The van der Waals surface area contributed by atoms with E-state index in [1.807, 2.05) is 42.1 Å². The Balaban J connectivity index is 1.67. The summed E-state index contributed by atoms with van der Waals surface area (Å²) in [4.78, 5) is 4.53. The van der Waals surface area contributed by atoms with Crippen molar-refractivity contribution in [1.82, 2.24) is 9.36 Å². The molecule has 3 rings (SSSR count). The molecule has 0 unspecified atom stereocenters. The van der Waals surface area contributed by atoms with E-state index in [0.29, 0.717) is 4.75 Å². The lowest BCUT2D eigenvalue weighted by atomic mass is 10.2. The van der Waals surface area contributed by atoms with Crippen LogP contribution in [-0.2, 0) is 0 Å². The highest BCUT2D eigenvalue weighted by molar-refractivity contribution is 8.00. The third kappa shape index (κ3) is 2.52. The van der Waals surface area contributed by atoms with Crippen LogP contribution in [-0.4, -0.2) is 26.9 Å². The number of nitrogens with zero attached hydrogens (tertiary/aromatic N) is 2. The van der Waals surface area contributed by atoms with Gasteiger partial charge in [0.1, 0.15) is 0 Å². The Morgan fingerprint density at radius 3 is 2.78 bits per heavy atom. The lowest BCUT2D eigenvalue weighted by Gasteiger charge is -2.11. The molecule has 1 heterocycles. The van der Waals surface area contributed by atoms with Gasteiger partial charge in [-0.25, -0.2) is 0 Å². The highest BCUT2D eigenvalue weighted by Gasteiger charge is 2.41. The van der Waals surface area contributed by atoms with Crippen LogP contribution in [0.1, 0.15) is 12.8 Å². The zero-order chi connectivity index (χ0) is 12.4. The monoisotopic (exact) mass is 277 g/mol. The SMILES string of the molecule is CSC1(CNc2nc(-c3ccccc3)ns2)CC1. The smallest absolute Gasteiger partial charge is 0.202 e. The molecule has 0 radical (unpaired) electrons. The molecular formula is C13H15N3S2. The van der Waals surface area contributed by atoms with Crippen molar-refractivity contribution in [1.29, 1.82) is 0 Å². The van der Waals surface area contributed by atoms with E-state index in [4.69, 9.17) is 0 Å². The van der Waals surface area contributed by atoms with Gasteiger partial charge in [0.25, 0.3) is 0 Å². The molecule has 18 heavy (non-hydrogen) atoms. The fourth-order valence-corrected chi connectivity index (χ4v) is 3.14. The van der Waals surface area contributed by atoms with Gasteiger partial charge in [-0.05, 0) is 19.1 Å². The van der Waals surface area contributed by atoms with E-state index in [0.717, 1.165) is 23.1 Å². The molecule has 0 bridgehead atoms. The van der Waals surface area contributed by atoms with E-state index in [1.54, 1.807) is 0 Å². The van der Waals surface area contributed by atoms with Gasteiger partial charge in [-0.1, -0.05) is 30.3 Å². The first-order valence-electron chi connectivity index (χ1n) is 5.99. The lowest BCUT2D eigenvalue weighted by Crippen LogP contribution is -2.17. The number of hydrogen-bond acceptors (Lipinski definition) is 5. The van der Waals surface area contributed by atoms with Crippen LogP contribution in [0.3, 0.4) is 0 Å². The Morgan fingerprint density at radius 1 is 1.33 bits per heavy atom. The maximum absolute atomic E-state index is 4.53. The Morgan fingerprint density at radius 2 is 2.11 bits per heavy atom. The summed E-state index contributed by atoms with van der Waals surface area (Å²) in [5.74, 6) is 0.817. The van der Waals surface area contributed by atoms with Crippen molar-refractivity contribution in [2.24, 2.45) is 0 Å². The average Bonchev–Trinajstić information content (AvgIpc) is 3.07. The van der Waals surface area contributed by atoms with Gasteiger partial charge >= 0.3 is 0 Å². The van der Waals surface area contributed by atoms with Crippen LogP contribution >= 0.6 is 23.3 Å². The fourth-order valence-electron chi connectivity index (χ4n) is 1.83. The highest BCUT2D eigenvalue weighted by Crippen LogP contribution is 2.47. The van der Waals surface area contributed by atoms with Crippen molar-refractivity contribution in [3.05, 3.63) is 30.3 Å². The third-order valence-corrected chi connectivity index (χ3v) is 5.35. The second-order valence-corrected chi connectivity index (χ2v) is 6.56. The Bertz CT molecular complexity index is 520. The number of nitrogens with one attached hydrogen (secondary N) is 1. The van der Waals surface area contributed by atoms with Gasteiger partial charge in [0.05, 0.1) is 0 Å². The van der Waals surface area contributed by atoms with Crippen LogP contribution in [0.5, 0.6) is 0 Å². The van der Waals surface area contributed by atoms with Crippen molar-refractivity contribution in [3.8, 4) is 11.4 Å². The topological polar surface area (TPSA) is 37.8 Å². The number of anilines is 1. The minimum atomic E-state index is 0.457. The zero-order valence-corrected chi connectivity index (χ0v) is 11.9. The number of benzene rings is 1. The predicted molar refractivity (Wildman–Crippen MR) is 79.3 cm³/mol. The van der Waals surface area contributed by atoms with Crippen molar-refractivity contribution >= 4 is 28.4 Å². The molecule has 0 amide bonds. The van der Waals surface area contributed by atoms with Crippen LogP contribution in [0.15, 0.2) is 30.3 Å². The number of hydrogen-bond donors (Lipinski definition) is 1. The van der Waals surface area contributed by atoms with Gasteiger partial charge in [0.2, 0.25) is 5.13 Å². The van der Waals surface area contributed by atoms with Gasteiger partial charge < -0.3 is 5.32 Å². The highest BCUT2D eigenvalue weighted by atomic mass is 32.2. The van der Waals surface area contributed by atoms with Crippen molar-refractivity contribution in [3.63, 3.8) is 0 Å². The van der Waals surface area contributed by atoms with E-state index in [1.165, 1.54) is 24.4 Å². The summed E-state index contributed by atoms with van der Waals surface area (Å²) >= 11 is 3.40. The zero-order valence-electron chi connectivity index (χ0n) is 10.2. The maximum Gasteiger partial charge on any atom is 0.202 e. The summed E-state index contributed by atoms with van der Waals surface area (Å²) in [5.41, 5.74) is 1.08. The average molecular weight is 277 g/mol. The summed E-state index contributed by atoms with van der Waals surface area (Å²) in [7, 11) is 0. The van der Waals surface area contributed by atoms with Crippen LogP contribution in [0.2, 0.25) is 0 Å². The van der Waals surface area contributed by atoms with E-state index < -0.39 is 0 Å². The minimum absolute atomic E-state index is 0.457. The predicted octanol–water partition coefficient (Wildman–Crippen LogP) is 3.51. The summed E-state index contributed by atoms with van der Waals surface area (Å²) in [6, 6.07) is 10.1. The van der Waals surface area contributed by atoms with E-state index in [-0.39, 0.29) is 0 Å². The van der Waals surface area contributed by atoms with E-state index >= 15 is 0 Å². The first-order chi connectivity index (χ1) is 8.81. The van der Waals surface area contributed by atoms with Crippen molar-refractivity contribution in [2.75, 3.05) is 18.1 Å². The molecule has 1 saturated carbocycles. The Labute approximate surface area is 115 Å².